The van der Waals surface area contributed by atoms with Crippen molar-refractivity contribution in [3.8, 4) is 11.1 Å². The van der Waals surface area contributed by atoms with Crippen LogP contribution in [0.5, 0.6) is 0 Å². The Kier molecular flexibility index (Phi) is 5.87. The summed E-state index contributed by atoms with van der Waals surface area (Å²) < 4.78 is 0. The van der Waals surface area contributed by atoms with Gasteiger partial charge in [-0.3, -0.25) is 14.6 Å². The van der Waals surface area contributed by atoms with Gasteiger partial charge in [0.2, 0.25) is 0 Å². The van der Waals surface area contributed by atoms with Gasteiger partial charge in [-0.05, 0) is 23.3 Å². The Balaban J connectivity index is 1.27. The van der Waals surface area contributed by atoms with Crippen molar-refractivity contribution in [3.05, 3.63) is 86.7 Å². The van der Waals surface area contributed by atoms with Crippen molar-refractivity contribution in [1.29, 1.82) is 0 Å². The Morgan fingerprint density at radius 2 is 1.61 bits per heavy atom. The predicted molar refractivity (Wildman–Crippen MR) is 128 cm³/mol. The zero-order valence-electron chi connectivity index (χ0n) is 17.1. The summed E-state index contributed by atoms with van der Waals surface area (Å²) in [6.45, 7) is 5.61. The van der Waals surface area contributed by atoms with E-state index < -0.39 is 0 Å². The number of piperazine rings is 1. The van der Waals surface area contributed by atoms with Crippen LogP contribution in [-0.4, -0.2) is 45.9 Å². The van der Waals surface area contributed by atoms with Gasteiger partial charge >= 0.3 is 0 Å². The number of rotatable bonds is 5. The molecular formula is C24H23ClN4OS. The Bertz CT molecular complexity index is 1230. The molecule has 1 fully saturated rings. The summed E-state index contributed by atoms with van der Waals surface area (Å²) in [6, 6.07) is 18.1. The van der Waals surface area contributed by atoms with Gasteiger partial charge in [0.15, 0.2) is 0 Å². The summed E-state index contributed by atoms with van der Waals surface area (Å²) in [4.78, 5) is 26.3. The number of benzene rings is 2. The minimum atomic E-state index is -0.0751. The third-order valence-corrected chi connectivity index (χ3v) is 6.86. The normalized spacial score (nSPS) is 15.5. The summed E-state index contributed by atoms with van der Waals surface area (Å²) in [6.07, 6.45) is 0. The third kappa shape index (κ3) is 4.57. The quantitative estimate of drug-likeness (QED) is 0.482. The Morgan fingerprint density at radius 3 is 2.32 bits per heavy atom. The lowest BCUT2D eigenvalue weighted by molar-refractivity contribution is 0.120. The molecule has 0 atom stereocenters. The van der Waals surface area contributed by atoms with Crippen LogP contribution in [0.1, 0.15) is 11.4 Å². The van der Waals surface area contributed by atoms with Crippen LogP contribution >= 0.6 is 22.9 Å². The molecule has 7 heteroatoms. The van der Waals surface area contributed by atoms with E-state index in [0.717, 1.165) is 54.5 Å². The van der Waals surface area contributed by atoms with E-state index in [4.69, 9.17) is 16.6 Å². The van der Waals surface area contributed by atoms with Gasteiger partial charge < -0.3 is 4.98 Å². The maximum absolute atomic E-state index is 12.9. The average Bonchev–Trinajstić information content (AvgIpc) is 3.21. The van der Waals surface area contributed by atoms with Gasteiger partial charge in [-0.15, -0.1) is 11.3 Å². The highest BCUT2D eigenvalue weighted by Crippen LogP contribution is 2.31. The molecular weight excluding hydrogens is 428 g/mol. The van der Waals surface area contributed by atoms with Gasteiger partial charge in [-0.25, -0.2) is 4.98 Å². The summed E-state index contributed by atoms with van der Waals surface area (Å²) in [5, 5.41) is 3.34. The summed E-state index contributed by atoms with van der Waals surface area (Å²) in [5.74, 6) is 0.735. The number of hydrogen-bond acceptors (Lipinski definition) is 5. The van der Waals surface area contributed by atoms with Gasteiger partial charge in [0.1, 0.15) is 10.7 Å². The van der Waals surface area contributed by atoms with E-state index in [1.54, 1.807) is 0 Å². The summed E-state index contributed by atoms with van der Waals surface area (Å²) >= 11 is 7.51. The largest absolute Gasteiger partial charge is 0.309 e. The molecule has 158 valence electrons. The average molecular weight is 451 g/mol. The van der Waals surface area contributed by atoms with Gasteiger partial charge in [0.25, 0.3) is 5.56 Å². The van der Waals surface area contributed by atoms with E-state index in [-0.39, 0.29) is 5.56 Å². The highest BCUT2D eigenvalue weighted by atomic mass is 35.5. The number of fused-ring (bicyclic) bond motifs is 1. The number of halogens is 1. The second-order valence-electron chi connectivity index (χ2n) is 7.89. The SMILES string of the molecule is O=c1[nH]c(CN2CCN(Cc3ccccc3)CC2)nc2scc(-c3ccc(Cl)cc3)c12. The highest BCUT2D eigenvalue weighted by molar-refractivity contribution is 7.17. The lowest BCUT2D eigenvalue weighted by Gasteiger charge is -2.34. The maximum atomic E-state index is 12.9. The third-order valence-electron chi connectivity index (χ3n) is 5.74. The molecule has 0 bridgehead atoms. The van der Waals surface area contributed by atoms with E-state index >= 15 is 0 Å². The first-order chi connectivity index (χ1) is 15.2. The van der Waals surface area contributed by atoms with E-state index in [1.807, 2.05) is 29.6 Å². The molecule has 31 heavy (non-hydrogen) atoms. The molecule has 4 aromatic rings. The Labute approximate surface area is 189 Å². The monoisotopic (exact) mass is 450 g/mol. The van der Waals surface area contributed by atoms with Crippen molar-refractivity contribution in [2.24, 2.45) is 0 Å². The van der Waals surface area contributed by atoms with Crippen molar-refractivity contribution in [2.75, 3.05) is 26.2 Å². The molecule has 2 aromatic carbocycles. The second kappa shape index (κ2) is 8.93. The summed E-state index contributed by atoms with van der Waals surface area (Å²) in [7, 11) is 0. The minimum Gasteiger partial charge on any atom is -0.309 e. The molecule has 5 nitrogen and oxygen atoms in total. The number of aromatic amines is 1. The first kappa shape index (κ1) is 20.4. The minimum absolute atomic E-state index is 0.0751. The highest BCUT2D eigenvalue weighted by Gasteiger charge is 2.19. The van der Waals surface area contributed by atoms with Crippen molar-refractivity contribution in [1.82, 2.24) is 19.8 Å². The van der Waals surface area contributed by atoms with Crippen molar-refractivity contribution >= 4 is 33.2 Å². The predicted octanol–water partition coefficient (Wildman–Crippen LogP) is 4.62. The molecule has 1 saturated heterocycles. The fourth-order valence-corrected chi connectivity index (χ4v) is 5.16. The molecule has 0 unspecified atom stereocenters. The van der Waals surface area contributed by atoms with Gasteiger partial charge in [0, 0.05) is 48.7 Å². The van der Waals surface area contributed by atoms with E-state index in [9.17, 15) is 4.79 Å². The van der Waals surface area contributed by atoms with Crippen LogP contribution in [0.2, 0.25) is 5.02 Å². The van der Waals surface area contributed by atoms with E-state index in [2.05, 4.69) is 45.1 Å². The molecule has 1 aliphatic heterocycles. The summed E-state index contributed by atoms with van der Waals surface area (Å²) in [5.41, 5.74) is 3.16. The number of nitrogens with one attached hydrogen (secondary N) is 1. The zero-order valence-corrected chi connectivity index (χ0v) is 18.6. The zero-order chi connectivity index (χ0) is 21.2. The Morgan fingerprint density at radius 1 is 0.935 bits per heavy atom. The maximum Gasteiger partial charge on any atom is 0.260 e. The van der Waals surface area contributed by atoms with E-state index in [0.29, 0.717) is 17.0 Å². The lowest BCUT2D eigenvalue weighted by Crippen LogP contribution is -2.45. The van der Waals surface area contributed by atoms with Crippen LogP contribution in [0.4, 0.5) is 0 Å². The molecule has 3 heterocycles. The smallest absolute Gasteiger partial charge is 0.260 e. The fraction of sp³-hybridized carbons (Fsp3) is 0.250. The Hall–Kier alpha value is -2.51. The van der Waals surface area contributed by atoms with Gasteiger partial charge in [-0.1, -0.05) is 54.1 Å². The van der Waals surface area contributed by atoms with Crippen LogP contribution in [0.15, 0.2) is 64.8 Å². The van der Waals surface area contributed by atoms with Crippen LogP contribution in [0.25, 0.3) is 21.3 Å². The molecule has 1 N–H and O–H groups in total. The van der Waals surface area contributed by atoms with Crippen molar-refractivity contribution in [3.63, 3.8) is 0 Å². The number of hydrogen-bond donors (Lipinski definition) is 1. The van der Waals surface area contributed by atoms with Crippen molar-refractivity contribution < 1.29 is 0 Å². The number of thiophene rings is 1. The van der Waals surface area contributed by atoms with Crippen LogP contribution in [0, 0.1) is 0 Å². The van der Waals surface area contributed by atoms with Gasteiger partial charge in [0.05, 0.1) is 11.9 Å². The van der Waals surface area contributed by atoms with Crippen molar-refractivity contribution in [2.45, 2.75) is 13.1 Å². The molecule has 2 aromatic heterocycles. The first-order valence-corrected chi connectivity index (χ1v) is 11.7. The van der Waals surface area contributed by atoms with Crippen LogP contribution < -0.4 is 5.56 Å². The van der Waals surface area contributed by atoms with E-state index in [1.165, 1.54) is 16.9 Å². The topological polar surface area (TPSA) is 52.2 Å². The molecule has 0 aliphatic carbocycles. The van der Waals surface area contributed by atoms with Crippen LogP contribution in [-0.2, 0) is 13.1 Å². The fourth-order valence-electron chi connectivity index (χ4n) is 4.07. The first-order valence-electron chi connectivity index (χ1n) is 10.4. The number of H-pyrrole nitrogens is 1. The lowest BCUT2D eigenvalue weighted by atomic mass is 10.1. The molecule has 0 radical (unpaired) electrons. The molecule has 0 spiro atoms. The second-order valence-corrected chi connectivity index (χ2v) is 9.18. The molecule has 0 saturated carbocycles. The molecule has 0 amide bonds. The number of aromatic nitrogens is 2. The molecule has 1 aliphatic rings. The molecule has 5 rings (SSSR count). The van der Waals surface area contributed by atoms with Gasteiger partial charge in [-0.2, -0.15) is 0 Å². The van der Waals surface area contributed by atoms with Crippen LogP contribution in [0.3, 0.4) is 0 Å². The number of nitrogens with zero attached hydrogens (tertiary/aromatic N) is 3. The standard InChI is InChI=1S/C24H23ClN4OS/c25-19-8-6-18(7-9-19)20-16-31-24-22(20)23(30)26-21(27-24)15-29-12-10-28(11-13-29)14-17-4-2-1-3-5-17/h1-9,16H,10-15H2,(H,26,27,30).